The molecule has 0 aliphatic carbocycles. The number of nitrogens with one attached hydrogen (secondary N) is 2. The first-order chi connectivity index (χ1) is 15.0. The number of ether oxygens (including phenoxy) is 2. The molecule has 4 rings (SSSR count). The monoisotopic (exact) mass is 438 g/mol. The molecule has 0 spiro atoms. The van der Waals surface area contributed by atoms with Crippen molar-refractivity contribution in [3.63, 3.8) is 0 Å². The molecule has 0 aliphatic rings. The van der Waals surface area contributed by atoms with Crippen LogP contribution >= 0.6 is 11.3 Å². The fourth-order valence-electron chi connectivity index (χ4n) is 3.07. The van der Waals surface area contributed by atoms with E-state index in [4.69, 9.17) is 9.47 Å². The first-order valence-electron chi connectivity index (χ1n) is 9.56. The molecule has 0 atom stereocenters. The van der Waals surface area contributed by atoms with E-state index in [1.54, 1.807) is 31.3 Å². The lowest BCUT2D eigenvalue weighted by Crippen LogP contribution is -2.10. The van der Waals surface area contributed by atoms with Gasteiger partial charge in [0.05, 0.1) is 26.6 Å². The highest BCUT2D eigenvalue weighted by Gasteiger charge is 2.14. The van der Waals surface area contributed by atoms with Crippen LogP contribution < -0.4 is 14.8 Å². The average Bonchev–Trinajstić information content (AvgIpc) is 3.52. The van der Waals surface area contributed by atoms with Crippen molar-refractivity contribution >= 4 is 23.1 Å². The zero-order valence-electron chi connectivity index (χ0n) is 17.4. The van der Waals surface area contributed by atoms with Crippen molar-refractivity contribution in [1.29, 1.82) is 0 Å². The van der Waals surface area contributed by atoms with Crippen molar-refractivity contribution in [2.24, 2.45) is 7.05 Å². The molecule has 10 heteroatoms. The zero-order chi connectivity index (χ0) is 21.8. The van der Waals surface area contributed by atoms with Crippen LogP contribution in [0.3, 0.4) is 0 Å². The molecule has 3 aromatic heterocycles. The maximum Gasteiger partial charge on any atom is 0.268 e. The van der Waals surface area contributed by atoms with Crippen LogP contribution in [0, 0.1) is 0 Å². The van der Waals surface area contributed by atoms with Gasteiger partial charge in [-0.05, 0) is 30.5 Å². The number of aromatic nitrogens is 5. The molecule has 3 heterocycles. The number of hydrogen-bond donors (Lipinski definition) is 2. The van der Waals surface area contributed by atoms with Gasteiger partial charge in [-0.15, -0.1) is 11.3 Å². The summed E-state index contributed by atoms with van der Waals surface area (Å²) >= 11 is 1.31. The molecule has 9 nitrogen and oxygen atoms in total. The summed E-state index contributed by atoms with van der Waals surface area (Å²) in [6.45, 7) is 0. The summed E-state index contributed by atoms with van der Waals surface area (Å²) < 4.78 is 12.3. The van der Waals surface area contributed by atoms with Crippen LogP contribution in [0.1, 0.15) is 20.9 Å². The second-order valence-electron chi connectivity index (χ2n) is 6.89. The minimum Gasteiger partial charge on any atom is -0.497 e. The molecule has 0 radical (unpaired) electrons. The Bertz CT molecular complexity index is 1170. The summed E-state index contributed by atoms with van der Waals surface area (Å²) in [7, 11) is 5.10. The summed E-state index contributed by atoms with van der Waals surface area (Å²) in [6, 6.07) is 7.63. The first-order valence-corrected chi connectivity index (χ1v) is 10.4. The zero-order valence-corrected chi connectivity index (χ0v) is 18.2. The fourth-order valence-corrected chi connectivity index (χ4v) is 3.85. The molecule has 0 unspecified atom stereocenters. The number of hydrogen-bond acceptors (Lipinski definition) is 7. The predicted molar refractivity (Wildman–Crippen MR) is 118 cm³/mol. The van der Waals surface area contributed by atoms with Gasteiger partial charge in [-0.2, -0.15) is 10.2 Å². The van der Waals surface area contributed by atoms with Gasteiger partial charge in [0, 0.05) is 36.6 Å². The molecule has 0 saturated carbocycles. The summed E-state index contributed by atoms with van der Waals surface area (Å²) in [4.78, 5) is 17.4. The SMILES string of the molecule is COc1cc(CCc2cc(NC(=O)c3cnc(-c4cnn(C)c4)s3)n[nH]2)cc(OC)c1. The highest BCUT2D eigenvalue weighted by molar-refractivity contribution is 7.17. The average molecular weight is 439 g/mol. The van der Waals surface area contributed by atoms with Gasteiger partial charge in [0.25, 0.3) is 5.91 Å². The highest BCUT2D eigenvalue weighted by atomic mass is 32.1. The predicted octanol–water partition coefficient (Wildman–Crippen LogP) is 3.32. The van der Waals surface area contributed by atoms with E-state index in [2.05, 4.69) is 25.6 Å². The molecule has 160 valence electrons. The number of anilines is 1. The number of thiazole rings is 1. The molecular weight excluding hydrogens is 416 g/mol. The van der Waals surface area contributed by atoms with E-state index in [0.717, 1.165) is 46.2 Å². The van der Waals surface area contributed by atoms with Gasteiger partial charge in [0.15, 0.2) is 5.82 Å². The molecule has 0 fully saturated rings. The van der Waals surface area contributed by atoms with Crippen molar-refractivity contribution in [3.8, 4) is 22.1 Å². The summed E-state index contributed by atoms with van der Waals surface area (Å²) in [5.41, 5.74) is 2.88. The van der Waals surface area contributed by atoms with Crippen LogP contribution in [-0.2, 0) is 19.9 Å². The second kappa shape index (κ2) is 9.00. The number of benzene rings is 1. The third-order valence-corrected chi connectivity index (χ3v) is 5.69. The number of rotatable bonds is 8. The second-order valence-corrected chi connectivity index (χ2v) is 7.92. The molecule has 0 bridgehead atoms. The van der Waals surface area contributed by atoms with E-state index < -0.39 is 0 Å². The maximum absolute atomic E-state index is 12.6. The number of nitrogens with zero attached hydrogens (tertiary/aromatic N) is 4. The Morgan fingerprint density at radius 3 is 2.58 bits per heavy atom. The summed E-state index contributed by atoms with van der Waals surface area (Å²) in [5.74, 6) is 1.73. The van der Waals surface area contributed by atoms with Crippen molar-refractivity contribution < 1.29 is 14.3 Å². The fraction of sp³-hybridized carbons (Fsp3) is 0.238. The van der Waals surface area contributed by atoms with Crippen LogP contribution in [0.2, 0.25) is 0 Å². The molecule has 4 aromatic rings. The number of aryl methyl sites for hydroxylation is 3. The van der Waals surface area contributed by atoms with E-state index in [1.165, 1.54) is 11.3 Å². The number of carbonyl (C=O) groups excluding carboxylic acids is 1. The lowest BCUT2D eigenvalue weighted by Gasteiger charge is -2.07. The standard InChI is InChI=1S/C21H22N6O3S/c1-27-12-14(10-23-27)21-22-11-18(31-21)20(28)24-19-8-15(25-26-19)5-4-13-6-16(29-2)9-17(7-13)30-3/h6-12H,4-5H2,1-3H3,(H2,24,25,26,28). The van der Waals surface area contributed by atoms with E-state index >= 15 is 0 Å². The number of aromatic amines is 1. The summed E-state index contributed by atoms with van der Waals surface area (Å²) in [5, 5.41) is 14.9. The number of H-pyrrole nitrogens is 1. The Kier molecular flexibility index (Phi) is 5.99. The van der Waals surface area contributed by atoms with E-state index in [0.29, 0.717) is 10.7 Å². The van der Waals surface area contributed by atoms with Crippen molar-refractivity contribution in [1.82, 2.24) is 25.0 Å². The molecule has 2 N–H and O–H groups in total. The lowest BCUT2D eigenvalue weighted by molar-refractivity contribution is 0.103. The molecular formula is C21H22N6O3S. The first kappa shape index (κ1) is 20.6. The Morgan fingerprint density at radius 2 is 1.90 bits per heavy atom. The number of methoxy groups -OCH3 is 2. The Balaban J connectivity index is 1.37. The number of amides is 1. The molecule has 0 aliphatic heterocycles. The van der Waals surface area contributed by atoms with Crippen molar-refractivity contribution in [2.75, 3.05) is 19.5 Å². The van der Waals surface area contributed by atoms with Gasteiger partial charge in [-0.1, -0.05) is 0 Å². The van der Waals surface area contributed by atoms with Gasteiger partial charge in [-0.25, -0.2) is 4.98 Å². The topological polar surface area (TPSA) is 107 Å². The van der Waals surface area contributed by atoms with E-state index in [-0.39, 0.29) is 5.91 Å². The van der Waals surface area contributed by atoms with Gasteiger partial charge < -0.3 is 14.8 Å². The van der Waals surface area contributed by atoms with E-state index in [1.807, 2.05) is 37.5 Å². The van der Waals surface area contributed by atoms with Crippen LogP contribution in [0.4, 0.5) is 5.82 Å². The minimum atomic E-state index is -0.247. The Hall–Kier alpha value is -3.66. The highest BCUT2D eigenvalue weighted by Crippen LogP contribution is 2.26. The van der Waals surface area contributed by atoms with Gasteiger partial charge >= 0.3 is 0 Å². The Labute approximate surface area is 183 Å². The van der Waals surface area contributed by atoms with Crippen molar-refractivity contribution in [3.05, 3.63) is 59.0 Å². The third kappa shape index (κ3) is 4.92. The smallest absolute Gasteiger partial charge is 0.268 e. The maximum atomic E-state index is 12.6. The lowest BCUT2D eigenvalue weighted by atomic mass is 10.1. The number of carbonyl (C=O) groups is 1. The largest absolute Gasteiger partial charge is 0.497 e. The minimum absolute atomic E-state index is 0.247. The Morgan fingerprint density at radius 1 is 1.13 bits per heavy atom. The van der Waals surface area contributed by atoms with Crippen LogP contribution in [0.15, 0.2) is 42.9 Å². The summed E-state index contributed by atoms with van der Waals surface area (Å²) in [6.07, 6.45) is 6.64. The third-order valence-electron chi connectivity index (χ3n) is 4.65. The normalized spacial score (nSPS) is 10.8. The van der Waals surface area contributed by atoms with Crippen LogP contribution in [0.25, 0.3) is 10.6 Å². The van der Waals surface area contributed by atoms with Crippen LogP contribution in [-0.4, -0.2) is 45.1 Å². The molecule has 0 saturated heterocycles. The van der Waals surface area contributed by atoms with Crippen LogP contribution in [0.5, 0.6) is 11.5 Å². The van der Waals surface area contributed by atoms with E-state index in [9.17, 15) is 4.79 Å². The van der Waals surface area contributed by atoms with Gasteiger partial charge in [-0.3, -0.25) is 14.6 Å². The molecule has 1 amide bonds. The van der Waals surface area contributed by atoms with Crippen molar-refractivity contribution in [2.45, 2.75) is 12.8 Å². The molecule has 31 heavy (non-hydrogen) atoms. The van der Waals surface area contributed by atoms with Gasteiger partial charge in [0.1, 0.15) is 21.4 Å². The van der Waals surface area contributed by atoms with Gasteiger partial charge in [0.2, 0.25) is 0 Å². The quantitative estimate of drug-likeness (QED) is 0.437. The molecule has 1 aromatic carbocycles.